The topological polar surface area (TPSA) is 28.7 Å². The Morgan fingerprint density at radius 3 is 3.00 bits per heavy atom. The first-order valence-electron chi connectivity index (χ1n) is 3.05. The fraction of sp³-hybridized carbons (Fsp3) is 0. The van der Waals surface area contributed by atoms with E-state index in [1.54, 1.807) is 18.5 Å². The molecule has 0 fully saturated rings. The number of halogens is 2. The normalized spacial score (nSPS) is 10.7. The third-order valence-electron chi connectivity index (χ3n) is 1.43. The zero-order chi connectivity index (χ0) is 7.84. The molecule has 1 N–H and O–H groups in total. The summed E-state index contributed by atoms with van der Waals surface area (Å²) in [6.07, 6.45) is 3.26. The van der Waals surface area contributed by atoms with Crippen LogP contribution in [0.5, 0.6) is 0 Å². The summed E-state index contributed by atoms with van der Waals surface area (Å²) in [4.78, 5) is 6.99. The highest BCUT2D eigenvalue weighted by Crippen LogP contribution is 2.22. The second kappa shape index (κ2) is 2.40. The van der Waals surface area contributed by atoms with Crippen molar-refractivity contribution in [2.24, 2.45) is 0 Å². The Bertz CT molecular complexity index is 394. The molecule has 2 nitrogen and oxygen atoms in total. The van der Waals surface area contributed by atoms with Crippen LogP contribution < -0.4 is 0 Å². The van der Waals surface area contributed by atoms with Gasteiger partial charge in [-0.05, 0) is 6.07 Å². The van der Waals surface area contributed by atoms with Crippen LogP contribution in [0.25, 0.3) is 11.0 Å². The minimum Gasteiger partial charge on any atom is -0.358 e. The average Bonchev–Trinajstić information content (AvgIpc) is 2.32. The highest BCUT2D eigenvalue weighted by Gasteiger charge is 2.01. The Labute approximate surface area is 73.1 Å². The molecule has 2 rings (SSSR count). The number of hydrogen-bond donors (Lipinski definition) is 1. The Balaban J connectivity index is 2.86. The smallest absolute Gasteiger partial charge is 0.107 e. The monoisotopic (exact) mass is 186 g/mol. The van der Waals surface area contributed by atoms with Gasteiger partial charge in [-0.15, -0.1) is 0 Å². The zero-order valence-corrected chi connectivity index (χ0v) is 6.95. The number of nitrogens with one attached hydrogen (secondary N) is 1. The maximum absolute atomic E-state index is 5.79. The van der Waals surface area contributed by atoms with Crippen LogP contribution in [0.3, 0.4) is 0 Å². The second-order valence-electron chi connectivity index (χ2n) is 2.19. The molecule has 2 heterocycles. The first-order chi connectivity index (χ1) is 5.27. The van der Waals surface area contributed by atoms with Crippen LogP contribution in [0.15, 0.2) is 18.5 Å². The maximum atomic E-state index is 5.79. The van der Waals surface area contributed by atoms with Gasteiger partial charge in [0.2, 0.25) is 0 Å². The molecule has 0 saturated carbocycles. The van der Waals surface area contributed by atoms with Crippen LogP contribution in [-0.4, -0.2) is 9.97 Å². The van der Waals surface area contributed by atoms with Gasteiger partial charge in [0.1, 0.15) is 5.52 Å². The molecule has 56 valence electrons. The van der Waals surface area contributed by atoms with Crippen LogP contribution in [0.1, 0.15) is 0 Å². The fourth-order valence-electron chi connectivity index (χ4n) is 0.949. The van der Waals surface area contributed by atoms with Gasteiger partial charge < -0.3 is 4.98 Å². The van der Waals surface area contributed by atoms with Gasteiger partial charge in [-0.25, -0.2) is 0 Å². The Kier molecular flexibility index (Phi) is 1.51. The fourth-order valence-corrected chi connectivity index (χ4v) is 1.31. The number of rotatable bonds is 0. The summed E-state index contributed by atoms with van der Waals surface area (Å²) in [6.45, 7) is 0. The van der Waals surface area contributed by atoms with E-state index < -0.39 is 0 Å². The number of nitrogens with zero attached hydrogens (tertiary/aromatic N) is 1. The predicted octanol–water partition coefficient (Wildman–Crippen LogP) is 2.87. The molecule has 0 aliphatic heterocycles. The quantitative estimate of drug-likeness (QED) is 0.674. The lowest BCUT2D eigenvalue weighted by atomic mass is 10.4. The highest BCUT2D eigenvalue weighted by atomic mass is 35.5. The van der Waals surface area contributed by atoms with Crippen molar-refractivity contribution in [3.63, 3.8) is 0 Å². The average molecular weight is 187 g/mol. The van der Waals surface area contributed by atoms with Gasteiger partial charge in [0, 0.05) is 12.4 Å². The highest BCUT2D eigenvalue weighted by molar-refractivity contribution is 6.35. The molecule has 0 aliphatic rings. The first kappa shape index (κ1) is 6.95. The standard InChI is InChI=1S/C7H4Cl2N2/c8-4-1-6-7(11-2-4)5(9)3-10-6/h1-3,10H. The van der Waals surface area contributed by atoms with E-state index in [9.17, 15) is 0 Å². The molecular formula is C7H4Cl2N2. The minimum absolute atomic E-state index is 0.607. The lowest BCUT2D eigenvalue weighted by Crippen LogP contribution is -1.73. The van der Waals surface area contributed by atoms with E-state index in [4.69, 9.17) is 23.2 Å². The molecule has 0 radical (unpaired) electrons. The largest absolute Gasteiger partial charge is 0.358 e. The number of aromatic nitrogens is 2. The summed E-state index contributed by atoms with van der Waals surface area (Å²) in [5, 5.41) is 1.23. The molecule has 2 aromatic heterocycles. The van der Waals surface area contributed by atoms with E-state index in [1.807, 2.05) is 0 Å². The van der Waals surface area contributed by atoms with Crippen molar-refractivity contribution in [2.45, 2.75) is 0 Å². The molecule has 0 atom stereocenters. The van der Waals surface area contributed by atoms with E-state index in [2.05, 4.69) is 9.97 Å². The van der Waals surface area contributed by atoms with Gasteiger partial charge in [0.25, 0.3) is 0 Å². The molecule has 11 heavy (non-hydrogen) atoms. The van der Waals surface area contributed by atoms with Gasteiger partial charge in [-0.3, -0.25) is 4.98 Å². The van der Waals surface area contributed by atoms with Crippen LogP contribution in [0, 0.1) is 0 Å². The molecule has 0 amide bonds. The van der Waals surface area contributed by atoms with Crippen molar-refractivity contribution in [3.8, 4) is 0 Å². The van der Waals surface area contributed by atoms with Crippen molar-refractivity contribution >= 4 is 34.2 Å². The van der Waals surface area contributed by atoms with Crippen LogP contribution in [-0.2, 0) is 0 Å². The molecule has 0 unspecified atom stereocenters. The van der Waals surface area contributed by atoms with Gasteiger partial charge >= 0.3 is 0 Å². The maximum Gasteiger partial charge on any atom is 0.107 e. The van der Waals surface area contributed by atoms with Crippen molar-refractivity contribution in [2.75, 3.05) is 0 Å². The summed E-state index contributed by atoms with van der Waals surface area (Å²) < 4.78 is 0. The Hall–Kier alpha value is -0.730. The third kappa shape index (κ3) is 1.08. The van der Waals surface area contributed by atoms with E-state index in [1.165, 1.54) is 0 Å². The lowest BCUT2D eigenvalue weighted by Gasteiger charge is -1.89. The molecule has 0 saturated heterocycles. The summed E-state index contributed by atoms with van der Waals surface area (Å²) in [5.41, 5.74) is 1.62. The zero-order valence-electron chi connectivity index (χ0n) is 5.44. The summed E-state index contributed by atoms with van der Waals surface area (Å²) in [6, 6.07) is 1.79. The SMILES string of the molecule is Clc1cnc2c(Cl)c[nH]c2c1. The van der Waals surface area contributed by atoms with E-state index in [-0.39, 0.29) is 0 Å². The summed E-state index contributed by atoms with van der Waals surface area (Å²) in [7, 11) is 0. The summed E-state index contributed by atoms with van der Waals surface area (Å²) in [5.74, 6) is 0. The van der Waals surface area contributed by atoms with Gasteiger partial charge in [-0.2, -0.15) is 0 Å². The van der Waals surface area contributed by atoms with Crippen molar-refractivity contribution < 1.29 is 0 Å². The molecule has 0 spiro atoms. The van der Waals surface area contributed by atoms with Gasteiger partial charge in [-0.1, -0.05) is 23.2 Å². The van der Waals surface area contributed by atoms with Crippen molar-refractivity contribution in [3.05, 3.63) is 28.5 Å². The van der Waals surface area contributed by atoms with E-state index in [0.717, 1.165) is 11.0 Å². The number of hydrogen-bond acceptors (Lipinski definition) is 1. The van der Waals surface area contributed by atoms with Gasteiger partial charge in [0.15, 0.2) is 0 Å². The van der Waals surface area contributed by atoms with Crippen LogP contribution in [0.2, 0.25) is 10.0 Å². The second-order valence-corrected chi connectivity index (χ2v) is 3.03. The first-order valence-corrected chi connectivity index (χ1v) is 3.81. The number of aromatic amines is 1. The molecular weight excluding hydrogens is 183 g/mol. The lowest BCUT2D eigenvalue weighted by molar-refractivity contribution is 1.41. The van der Waals surface area contributed by atoms with Crippen molar-refractivity contribution in [1.29, 1.82) is 0 Å². The molecule has 2 aromatic rings. The van der Waals surface area contributed by atoms with Gasteiger partial charge in [0.05, 0.1) is 15.6 Å². The van der Waals surface area contributed by atoms with E-state index in [0.29, 0.717) is 10.0 Å². The number of pyridine rings is 1. The molecule has 0 aromatic carbocycles. The Morgan fingerprint density at radius 1 is 1.36 bits per heavy atom. The third-order valence-corrected chi connectivity index (χ3v) is 1.93. The number of fused-ring (bicyclic) bond motifs is 1. The predicted molar refractivity (Wildman–Crippen MR) is 46.1 cm³/mol. The molecule has 4 heteroatoms. The Morgan fingerprint density at radius 2 is 2.18 bits per heavy atom. The van der Waals surface area contributed by atoms with Crippen LogP contribution >= 0.6 is 23.2 Å². The van der Waals surface area contributed by atoms with Crippen molar-refractivity contribution in [1.82, 2.24) is 9.97 Å². The van der Waals surface area contributed by atoms with Crippen LogP contribution in [0.4, 0.5) is 0 Å². The summed E-state index contributed by atoms with van der Waals surface area (Å²) >= 11 is 11.5. The molecule has 0 bridgehead atoms. The number of H-pyrrole nitrogens is 1. The molecule has 0 aliphatic carbocycles. The van der Waals surface area contributed by atoms with E-state index >= 15 is 0 Å². The minimum atomic E-state index is 0.607.